The van der Waals surface area contributed by atoms with Crippen LogP contribution in [0.3, 0.4) is 0 Å². The first-order valence-corrected chi connectivity index (χ1v) is 10.6. The molecule has 0 aliphatic carbocycles. The second-order valence-electron chi connectivity index (χ2n) is 6.46. The van der Waals surface area contributed by atoms with Crippen LogP contribution in [0.2, 0.25) is 0 Å². The van der Waals surface area contributed by atoms with Crippen LogP contribution >= 0.6 is 15.9 Å². The van der Waals surface area contributed by atoms with Gasteiger partial charge in [-0.3, -0.25) is 4.90 Å². The molecule has 0 radical (unpaired) electrons. The Morgan fingerprint density at radius 2 is 1.87 bits per heavy atom. The molecule has 0 unspecified atom stereocenters. The number of hydrogen-bond donors (Lipinski definition) is 1. The van der Waals surface area contributed by atoms with Gasteiger partial charge in [-0.15, -0.1) is 0 Å². The first kappa shape index (κ1) is 17.4. The van der Waals surface area contributed by atoms with Crippen molar-refractivity contribution < 1.29 is 13.5 Å². The van der Waals surface area contributed by atoms with Crippen LogP contribution < -0.4 is 0 Å². The molecule has 3 rings (SSSR count). The molecule has 1 N–H and O–H groups in total. The lowest BCUT2D eigenvalue weighted by atomic mass is 9.74. The SMILES string of the molecule is CS(=O)(=O)N1CCCCN2[C@H](CO)[C@H](c3ccc(Br)cc3)[C@H]2C1. The van der Waals surface area contributed by atoms with E-state index >= 15 is 0 Å². The van der Waals surface area contributed by atoms with Crippen LogP contribution in [0.25, 0.3) is 0 Å². The first-order chi connectivity index (χ1) is 10.9. The van der Waals surface area contributed by atoms with Crippen LogP contribution in [0.5, 0.6) is 0 Å². The topological polar surface area (TPSA) is 60.9 Å². The number of aliphatic hydroxyl groups is 1. The van der Waals surface area contributed by atoms with E-state index in [-0.39, 0.29) is 24.6 Å². The average Bonchev–Trinajstić information content (AvgIpc) is 2.46. The second-order valence-corrected chi connectivity index (χ2v) is 9.36. The number of benzene rings is 1. The molecule has 2 saturated heterocycles. The summed E-state index contributed by atoms with van der Waals surface area (Å²) in [6.07, 6.45) is 3.12. The van der Waals surface area contributed by atoms with E-state index in [4.69, 9.17) is 0 Å². The number of fused-ring (bicyclic) bond motifs is 1. The minimum atomic E-state index is -3.19. The summed E-state index contributed by atoms with van der Waals surface area (Å²) in [6.45, 7) is 2.15. The van der Waals surface area contributed by atoms with E-state index in [9.17, 15) is 13.5 Å². The molecular formula is C16H23BrN2O3S. The zero-order valence-electron chi connectivity index (χ0n) is 13.2. The van der Waals surface area contributed by atoms with Crippen molar-refractivity contribution in [1.29, 1.82) is 0 Å². The van der Waals surface area contributed by atoms with Crippen molar-refractivity contribution >= 4 is 26.0 Å². The fourth-order valence-corrected chi connectivity index (χ4v) is 5.04. The summed E-state index contributed by atoms with van der Waals surface area (Å²) >= 11 is 3.45. The van der Waals surface area contributed by atoms with Gasteiger partial charge in [0.2, 0.25) is 10.0 Å². The van der Waals surface area contributed by atoms with Crippen LogP contribution in [0.4, 0.5) is 0 Å². The molecular weight excluding hydrogens is 380 g/mol. The zero-order valence-corrected chi connectivity index (χ0v) is 15.6. The number of hydrogen-bond acceptors (Lipinski definition) is 4. The Morgan fingerprint density at radius 1 is 1.22 bits per heavy atom. The zero-order chi connectivity index (χ0) is 16.6. The van der Waals surface area contributed by atoms with Gasteiger partial charge < -0.3 is 5.11 Å². The van der Waals surface area contributed by atoms with E-state index in [0.29, 0.717) is 13.1 Å². The van der Waals surface area contributed by atoms with Gasteiger partial charge in [-0.25, -0.2) is 12.7 Å². The standard InChI is InChI=1S/C16H23BrN2O3S/c1-23(21,22)18-8-2-3-9-19-14(10-18)16(15(19)11-20)12-4-6-13(17)7-5-12/h4-7,14-16,20H,2-3,8-11H2,1H3/t14-,15-,16-/m1/s1. The Balaban J connectivity index is 1.88. The summed E-state index contributed by atoms with van der Waals surface area (Å²) < 4.78 is 26.7. The molecule has 7 heteroatoms. The van der Waals surface area contributed by atoms with E-state index in [1.165, 1.54) is 11.8 Å². The first-order valence-electron chi connectivity index (χ1n) is 7.99. The maximum absolute atomic E-state index is 12.0. The van der Waals surface area contributed by atoms with Gasteiger partial charge in [0.25, 0.3) is 0 Å². The van der Waals surface area contributed by atoms with Crippen molar-refractivity contribution in [2.45, 2.75) is 30.8 Å². The number of nitrogens with zero attached hydrogens (tertiary/aromatic N) is 2. The number of sulfonamides is 1. The summed E-state index contributed by atoms with van der Waals surface area (Å²) in [5, 5.41) is 9.82. The van der Waals surface area contributed by atoms with Gasteiger partial charge in [0.15, 0.2) is 0 Å². The van der Waals surface area contributed by atoms with Gasteiger partial charge in [-0.05, 0) is 37.1 Å². The van der Waals surface area contributed by atoms with Crippen LogP contribution in [-0.4, -0.2) is 67.3 Å². The van der Waals surface area contributed by atoms with E-state index < -0.39 is 10.0 Å². The molecule has 23 heavy (non-hydrogen) atoms. The van der Waals surface area contributed by atoms with Crippen molar-refractivity contribution in [2.75, 3.05) is 32.5 Å². The van der Waals surface area contributed by atoms with Crippen molar-refractivity contribution in [1.82, 2.24) is 9.21 Å². The predicted octanol–water partition coefficient (Wildman–Crippen LogP) is 1.63. The van der Waals surface area contributed by atoms with Crippen molar-refractivity contribution in [3.05, 3.63) is 34.3 Å². The molecule has 2 aliphatic rings. The molecule has 1 aromatic carbocycles. The fraction of sp³-hybridized carbons (Fsp3) is 0.625. The van der Waals surface area contributed by atoms with Crippen molar-refractivity contribution in [3.8, 4) is 0 Å². The van der Waals surface area contributed by atoms with Gasteiger partial charge in [0.05, 0.1) is 12.9 Å². The lowest BCUT2D eigenvalue weighted by Gasteiger charge is -2.57. The predicted molar refractivity (Wildman–Crippen MR) is 93.9 cm³/mol. The quantitative estimate of drug-likeness (QED) is 0.834. The number of halogens is 1. The summed E-state index contributed by atoms with van der Waals surface area (Å²) in [5.74, 6) is 0.176. The third kappa shape index (κ3) is 3.49. The third-order valence-electron chi connectivity index (χ3n) is 5.06. The largest absolute Gasteiger partial charge is 0.395 e. The van der Waals surface area contributed by atoms with Gasteiger partial charge in [0.1, 0.15) is 0 Å². The average molecular weight is 403 g/mol. The van der Waals surface area contributed by atoms with Crippen molar-refractivity contribution in [3.63, 3.8) is 0 Å². The molecule has 0 amide bonds. The monoisotopic (exact) mass is 402 g/mol. The summed E-state index contributed by atoms with van der Waals surface area (Å²) in [4.78, 5) is 2.28. The molecule has 128 valence electrons. The van der Waals surface area contributed by atoms with Crippen LogP contribution in [0, 0.1) is 0 Å². The molecule has 0 spiro atoms. The molecule has 1 aromatic rings. The minimum absolute atomic E-state index is 0.0840. The third-order valence-corrected chi connectivity index (χ3v) is 6.85. The number of aliphatic hydroxyl groups excluding tert-OH is 1. The lowest BCUT2D eigenvalue weighted by Crippen LogP contribution is -2.67. The Labute approximate surface area is 146 Å². The normalized spacial score (nSPS) is 30.1. The Morgan fingerprint density at radius 3 is 2.48 bits per heavy atom. The Hall–Kier alpha value is -0.470. The molecule has 5 nitrogen and oxygen atoms in total. The molecule has 3 atom stereocenters. The fourth-order valence-electron chi connectivity index (χ4n) is 3.89. The van der Waals surface area contributed by atoms with Crippen LogP contribution in [-0.2, 0) is 10.0 Å². The highest BCUT2D eigenvalue weighted by atomic mass is 79.9. The van der Waals surface area contributed by atoms with Gasteiger partial charge >= 0.3 is 0 Å². The van der Waals surface area contributed by atoms with E-state index in [2.05, 4.69) is 33.0 Å². The summed E-state index contributed by atoms with van der Waals surface area (Å²) in [5.41, 5.74) is 1.17. The van der Waals surface area contributed by atoms with Crippen molar-refractivity contribution in [2.24, 2.45) is 0 Å². The molecule has 2 heterocycles. The summed E-state index contributed by atoms with van der Waals surface area (Å²) in [6, 6.07) is 8.37. The minimum Gasteiger partial charge on any atom is -0.395 e. The van der Waals surface area contributed by atoms with Gasteiger partial charge in [0, 0.05) is 35.6 Å². The van der Waals surface area contributed by atoms with E-state index in [1.54, 1.807) is 4.31 Å². The molecule has 0 aromatic heterocycles. The molecule has 2 fully saturated rings. The molecule has 0 bridgehead atoms. The van der Waals surface area contributed by atoms with Crippen LogP contribution in [0.15, 0.2) is 28.7 Å². The maximum Gasteiger partial charge on any atom is 0.211 e. The highest BCUT2D eigenvalue weighted by Gasteiger charge is 2.49. The maximum atomic E-state index is 12.0. The number of rotatable bonds is 3. The summed E-state index contributed by atoms with van der Waals surface area (Å²) in [7, 11) is -3.19. The van der Waals surface area contributed by atoms with Crippen LogP contribution in [0.1, 0.15) is 24.3 Å². The Bertz CT molecular complexity index is 650. The highest BCUT2D eigenvalue weighted by Crippen LogP contribution is 2.42. The highest BCUT2D eigenvalue weighted by molar-refractivity contribution is 9.10. The second kappa shape index (κ2) is 6.80. The molecule has 0 saturated carbocycles. The smallest absolute Gasteiger partial charge is 0.211 e. The van der Waals surface area contributed by atoms with E-state index in [1.807, 2.05) is 12.1 Å². The Kier molecular flexibility index (Phi) is 5.13. The lowest BCUT2D eigenvalue weighted by molar-refractivity contribution is -0.0553. The molecule has 2 aliphatic heterocycles. The van der Waals surface area contributed by atoms with E-state index in [0.717, 1.165) is 23.9 Å². The van der Waals surface area contributed by atoms with Gasteiger partial charge in [-0.2, -0.15) is 0 Å². The van der Waals surface area contributed by atoms with Gasteiger partial charge in [-0.1, -0.05) is 28.1 Å².